The van der Waals surface area contributed by atoms with Crippen LogP contribution in [0.5, 0.6) is 0 Å². The first-order chi connectivity index (χ1) is 7.27. The molecule has 0 atom stereocenters. The van der Waals surface area contributed by atoms with E-state index in [1.54, 1.807) is 0 Å². The number of hydrogen-bond donors (Lipinski definition) is 0. The van der Waals surface area contributed by atoms with Crippen molar-refractivity contribution in [3.05, 3.63) is 35.9 Å². The van der Waals surface area contributed by atoms with E-state index >= 15 is 0 Å². The van der Waals surface area contributed by atoms with Crippen molar-refractivity contribution in [1.29, 1.82) is 0 Å². The zero-order valence-electron chi connectivity index (χ0n) is 9.20. The molecule has 0 heterocycles. The lowest BCUT2D eigenvalue weighted by molar-refractivity contribution is 1.30. The third kappa shape index (κ3) is 1.88. The van der Waals surface area contributed by atoms with Crippen molar-refractivity contribution in [3.8, 4) is 0 Å². The molecule has 0 fully saturated rings. The van der Waals surface area contributed by atoms with Gasteiger partial charge >= 0.3 is 0 Å². The Bertz CT molecular complexity index is 489. The van der Waals surface area contributed by atoms with Crippen LogP contribution < -0.4 is 0 Å². The quantitative estimate of drug-likeness (QED) is 0.697. The van der Waals surface area contributed by atoms with Gasteiger partial charge in [-0.2, -0.15) is 0 Å². The van der Waals surface area contributed by atoms with Crippen LogP contribution in [0.3, 0.4) is 0 Å². The van der Waals surface area contributed by atoms with Crippen LogP contribution in [0.15, 0.2) is 40.1 Å². The van der Waals surface area contributed by atoms with Gasteiger partial charge in [0.1, 0.15) is 0 Å². The standard InChI is InChI=1S/C13H14S2/c1-9-8-12(14-2)10-6-4-5-7-11(10)13(9)15-3/h4-8H,1-3H3. The van der Waals surface area contributed by atoms with Crippen LogP contribution in [0.25, 0.3) is 10.8 Å². The van der Waals surface area contributed by atoms with Crippen LogP contribution >= 0.6 is 23.5 Å². The molecule has 0 saturated heterocycles. The summed E-state index contributed by atoms with van der Waals surface area (Å²) < 4.78 is 0. The molecule has 0 spiro atoms. The first-order valence-corrected chi connectivity index (χ1v) is 7.33. The Morgan fingerprint density at radius 1 is 0.933 bits per heavy atom. The van der Waals surface area contributed by atoms with E-state index in [-0.39, 0.29) is 0 Å². The van der Waals surface area contributed by atoms with Crippen LogP contribution in [0.1, 0.15) is 5.56 Å². The Labute approximate surface area is 99.5 Å². The van der Waals surface area contributed by atoms with Gasteiger partial charge in [-0.3, -0.25) is 0 Å². The Morgan fingerprint density at radius 2 is 1.60 bits per heavy atom. The molecule has 0 aromatic heterocycles. The summed E-state index contributed by atoms with van der Waals surface area (Å²) in [5.41, 5.74) is 1.38. The van der Waals surface area contributed by atoms with Gasteiger partial charge in [0, 0.05) is 9.79 Å². The molecule has 78 valence electrons. The Morgan fingerprint density at radius 3 is 2.20 bits per heavy atom. The van der Waals surface area contributed by atoms with E-state index in [0.29, 0.717) is 0 Å². The van der Waals surface area contributed by atoms with Gasteiger partial charge in [-0.1, -0.05) is 24.3 Å². The van der Waals surface area contributed by atoms with E-state index in [4.69, 9.17) is 0 Å². The number of rotatable bonds is 2. The number of fused-ring (bicyclic) bond motifs is 1. The third-order valence-electron chi connectivity index (χ3n) is 2.57. The summed E-state index contributed by atoms with van der Waals surface area (Å²) in [6, 6.07) is 10.9. The fraction of sp³-hybridized carbons (Fsp3) is 0.231. The molecule has 0 N–H and O–H groups in total. The van der Waals surface area contributed by atoms with E-state index in [2.05, 4.69) is 49.8 Å². The van der Waals surface area contributed by atoms with Gasteiger partial charge in [0.05, 0.1) is 0 Å². The molecule has 0 unspecified atom stereocenters. The van der Waals surface area contributed by atoms with Crippen molar-refractivity contribution >= 4 is 34.3 Å². The average molecular weight is 234 g/mol. The first kappa shape index (κ1) is 10.9. The summed E-state index contributed by atoms with van der Waals surface area (Å²) in [7, 11) is 0. The van der Waals surface area contributed by atoms with Crippen molar-refractivity contribution in [1.82, 2.24) is 0 Å². The fourth-order valence-electron chi connectivity index (χ4n) is 1.89. The Kier molecular flexibility index (Phi) is 3.27. The normalized spacial score (nSPS) is 10.9. The second kappa shape index (κ2) is 4.50. The largest absolute Gasteiger partial charge is 0.129 e. The van der Waals surface area contributed by atoms with E-state index in [1.165, 1.54) is 26.1 Å². The molecule has 15 heavy (non-hydrogen) atoms. The van der Waals surface area contributed by atoms with E-state index in [1.807, 2.05) is 23.5 Å². The summed E-state index contributed by atoms with van der Waals surface area (Å²) in [5.74, 6) is 0. The summed E-state index contributed by atoms with van der Waals surface area (Å²) in [4.78, 5) is 2.78. The molecule has 0 aliphatic heterocycles. The summed E-state index contributed by atoms with van der Waals surface area (Å²) in [6.45, 7) is 2.19. The highest BCUT2D eigenvalue weighted by Gasteiger charge is 2.07. The molecule has 2 aromatic carbocycles. The number of benzene rings is 2. The SMILES string of the molecule is CSc1cc(C)c(SC)c2ccccc12. The zero-order valence-corrected chi connectivity index (χ0v) is 10.8. The maximum absolute atomic E-state index is 2.29. The minimum Gasteiger partial charge on any atom is -0.129 e. The predicted octanol–water partition coefficient (Wildman–Crippen LogP) is 4.59. The third-order valence-corrected chi connectivity index (χ3v) is 4.29. The average Bonchev–Trinajstić information content (AvgIpc) is 2.28. The Hall–Kier alpha value is -0.600. The molecule has 2 heteroatoms. The first-order valence-electron chi connectivity index (χ1n) is 4.88. The second-order valence-corrected chi connectivity index (χ2v) is 5.14. The van der Waals surface area contributed by atoms with Gasteiger partial charge < -0.3 is 0 Å². The highest BCUT2D eigenvalue weighted by molar-refractivity contribution is 7.99. The summed E-state index contributed by atoms with van der Waals surface area (Å²) in [6.07, 6.45) is 4.29. The van der Waals surface area contributed by atoms with Gasteiger partial charge in [-0.15, -0.1) is 23.5 Å². The Balaban J connectivity index is 2.86. The molecule has 2 aromatic rings. The molecule has 0 bridgehead atoms. The smallest absolute Gasteiger partial charge is 0.0178 e. The molecule has 0 saturated carbocycles. The highest BCUT2D eigenvalue weighted by Crippen LogP contribution is 2.35. The van der Waals surface area contributed by atoms with Crippen LogP contribution in [0.4, 0.5) is 0 Å². The highest BCUT2D eigenvalue weighted by atomic mass is 32.2. The topological polar surface area (TPSA) is 0 Å². The molecule has 0 amide bonds. The monoisotopic (exact) mass is 234 g/mol. The molecular weight excluding hydrogens is 220 g/mol. The van der Waals surface area contributed by atoms with Crippen LogP contribution in [0.2, 0.25) is 0 Å². The summed E-state index contributed by atoms with van der Waals surface area (Å²) in [5, 5.41) is 2.76. The van der Waals surface area contributed by atoms with Crippen molar-refractivity contribution in [2.45, 2.75) is 16.7 Å². The van der Waals surface area contributed by atoms with Crippen molar-refractivity contribution in [3.63, 3.8) is 0 Å². The van der Waals surface area contributed by atoms with Gasteiger partial charge in [-0.05, 0) is 41.8 Å². The van der Waals surface area contributed by atoms with Crippen molar-refractivity contribution in [2.75, 3.05) is 12.5 Å². The zero-order chi connectivity index (χ0) is 10.8. The van der Waals surface area contributed by atoms with Gasteiger partial charge in [0.25, 0.3) is 0 Å². The fourth-order valence-corrected chi connectivity index (χ4v) is 3.36. The van der Waals surface area contributed by atoms with Gasteiger partial charge in [0.2, 0.25) is 0 Å². The van der Waals surface area contributed by atoms with E-state index in [9.17, 15) is 0 Å². The lowest BCUT2D eigenvalue weighted by Crippen LogP contribution is -1.85. The van der Waals surface area contributed by atoms with Crippen LogP contribution in [-0.4, -0.2) is 12.5 Å². The summed E-state index contributed by atoms with van der Waals surface area (Å²) >= 11 is 3.66. The van der Waals surface area contributed by atoms with Crippen LogP contribution in [0, 0.1) is 6.92 Å². The minimum absolute atomic E-state index is 1.37. The number of hydrogen-bond acceptors (Lipinski definition) is 2. The molecule has 0 aliphatic rings. The maximum Gasteiger partial charge on any atom is 0.0178 e. The molecule has 2 rings (SSSR count). The lowest BCUT2D eigenvalue weighted by atomic mass is 10.1. The van der Waals surface area contributed by atoms with E-state index < -0.39 is 0 Å². The van der Waals surface area contributed by atoms with E-state index in [0.717, 1.165) is 0 Å². The van der Waals surface area contributed by atoms with Crippen LogP contribution in [-0.2, 0) is 0 Å². The minimum atomic E-state index is 1.37. The molecule has 0 radical (unpaired) electrons. The van der Waals surface area contributed by atoms with Crippen molar-refractivity contribution in [2.24, 2.45) is 0 Å². The maximum atomic E-state index is 2.29. The predicted molar refractivity (Wildman–Crippen MR) is 72.2 cm³/mol. The molecule has 0 aliphatic carbocycles. The molecule has 0 nitrogen and oxygen atoms in total. The lowest BCUT2D eigenvalue weighted by Gasteiger charge is -2.11. The van der Waals surface area contributed by atoms with Gasteiger partial charge in [0.15, 0.2) is 0 Å². The second-order valence-electron chi connectivity index (χ2n) is 3.47. The van der Waals surface area contributed by atoms with Crippen molar-refractivity contribution < 1.29 is 0 Å². The number of thioether (sulfide) groups is 2. The number of aryl methyl sites for hydroxylation is 1. The van der Waals surface area contributed by atoms with Gasteiger partial charge in [-0.25, -0.2) is 0 Å². The molecular formula is C13H14S2.